The van der Waals surface area contributed by atoms with Crippen molar-refractivity contribution in [2.24, 2.45) is 27.6 Å². The number of aliphatic hydroxyl groups excluding tert-OH is 1. The predicted molar refractivity (Wildman–Crippen MR) is 119 cm³/mol. The molecule has 1 heterocycles. The lowest BCUT2D eigenvalue weighted by Crippen LogP contribution is -2.60. The zero-order valence-corrected chi connectivity index (χ0v) is 18.8. The van der Waals surface area contributed by atoms with E-state index in [1.54, 1.807) is 0 Å². The van der Waals surface area contributed by atoms with E-state index in [2.05, 4.69) is 50.9 Å². The minimum absolute atomic E-state index is 0.0155. The summed E-state index contributed by atoms with van der Waals surface area (Å²) >= 11 is 0. The Morgan fingerprint density at radius 1 is 1.07 bits per heavy atom. The van der Waals surface area contributed by atoms with Gasteiger partial charge in [-0.1, -0.05) is 39.8 Å². The molecule has 0 bridgehead atoms. The van der Waals surface area contributed by atoms with Gasteiger partial charge in [-0.3, -0.25) is 4.98 Å². The van der Waals surface area contributed by atoms with Gasteiger partial charge in [-0.15, -0.1) is 0 Å². The number of aliphatic hydroxyl groups is 1. The number of allylic oxidation sites excluding steroid dienone is 3. The molecule has 1 unspecified atom stereocenters. The van der Waals surface area contributed by atoms with Crippen molar-refractivity contribution in [2.45, 2.75) is 78.7 Å². The van der Waals surface area contributed by atoms with Crippen LogP contribution in [0.1, 0.15) is 78.2 Å². The van der Waals surface area contributed by atoms with Gasteiger partial charge in [0, 0.05) is 18.0 Å². The van der Waals surface area contributed by atoms with Crippen LogP contribution in [-0.4, -0.2) is 16.2 Å². The molecule has 3 heteroatoms. The van der Waals surface area contributed by atoms with Gasteiger partial charge in [0.1, 0.15) is 0 Å². The summed E-state index contributed by atoms with van der Waals surface area (Å²) in [5, 5.41) is 20.5. The quantitative estimate of drug-likeness (QED) is 0.620. The van der Waals surface area contributed by atoms with Crippen LogP contribution in [0.5, 0.6) is 0 Å². The van der Waals surface area contributed by atoms with Crippen LogP contribution in [0.25, 0.3) is 5.57 Å². The van der Waals surface area contributed by atoms with Crippen LogP contribution in [-0.2, 0) is 0 Å². The van der Waals surface area contributed by atoms with Crippen LogP contribution in [0.3, 0.4) is 0 Å². The number of nitriles is 1. The number of nitrogens with zero attached hydrogens (tertiary/aromatic N) is 2. The predicted octanol–water partition coefficient (Wildman–Crippen LogP) is 6.07. The molecule has 30 heavy (non-hydrogen) atoms. The van der Waals surface area contributed by atoms with Crippen LogP contribution in [0.2, 0.25) is 0 Å². The highest BCUT2D eigenvalue weighted by Gasteiger charge is 2.68. The van der Waals surface area contributed by atoms with Gasteiger partial charge in [0.15, 0.2) is 0 Å². The van der Waals surface area contributed by atoms with Crippen molar-refractivity contribution in [3.8, 4) is 6.07 Å². The van der Waals surface area contributed by atoms with Crippen molar-refractivity contribution < 1.29 is 5.11 Å². The molecule has 0 spiro atoms. The molecule has 0 aromatic carbocycles. The number of hydrogen-bond acceptors (Lipinski definition) is 3. The van der Waals surface area contributed by atoms with E-state index in [1.165, 1.54) is 29.6 Å². The minimum atomic E-state index is -0.286. The number of pyridine rings is 1. The Labute approximate surface area is 180 Å². The lowest BCUT2D eigenvalue weighted by Gasteiger charge is -2.68. The molecule has 4 aliphatic rings. The first-order chi connectivity index (χ1) is 14.2. The van der Waals surface area contributed by atoms with Crippen molar-refractivity contribution in [1.82, 2.24) is 4.98 Å². The van der Waals surface area contributed by atoms with E-state index in [1.807, 2.05) is 18.5 Å². The van der Waals surface area contributed by atoms with E-state index in [0.29, 0.717) is 12.3 Å². The first-order valence-corrected chi connectivity index (χ1v) is 11.6. The molecule has 0 aliphatic heterocycles. The zero-order valence-electron chi connectivity index (χ0n) is 18.8. The summed E-state index contributed by atoms with van der Waals surface area (Å²) in [5.74, 6) is 0.466. The Morgan fingerprint density at radius 3 is 2.57 bits per heavy atom. The third-order valence-corrected chi connectivity index (χ3v) is 10.5. The Balaban J connectivity index is 1.63. The number of hydrogen-bond donors (Lipinski definition) is 1. The van der Waals surface area contributed by atoms with E-state index < -0.39 is 0 Å². The zero-order chi connectivity index (χ0) is 21.4. The molecule has 158 valence electrons. The maximum Gasteiger partial charge on any atom is 0.0946 e. The number of fused-ring (bicyclic) bond motifs is 5. The normalized spacial score (nSPS) is 45.1. The molecule has 1 N–H and O–H groups in total. The van der Waals surface area contributed by atoms with Gasteiger partial charge < -0.3 is 5.11 Å². The van der Waals surface area contributed by atoms with Gasteiger partial charge in [-0.25, -0.2) is 0 Å². The van der Waals surface area contributed by atoms with E-state index in [4.69, 9.17) is 0 Å². The molecule has 1 aromatic rings. The third-order valence-electron chi connectivity index (χ3n) is 10.5. The first-order valence-electron chi connectivity index (χ1n) is 11.6. The lowest BCUT2D eigenvalue weighted by molar-refractivity contribution is -0.141. The first kappa shape index (κ1) is 20.0. The summed E-state index contributed by atoms with van der Waals surface area (Å²) in [4.78, 5) is 4.40. The summed E-state index contributed by atoms with van der Waals surface area (Å²) in [7, 11) is 0. The Hall–Kier alpha value is -1.92. The molecule has 4 aliphatic carbocycles. The molecule has 3 nitrogen and oxygen atoms in total. The standard InChI is InChI=1S/C27H34N2O/c1-24-9-7-20(30)15-22(24)19(16-28)14-23-26(3)10-8-21(18-6-5-13-29-17-18)25(26,2)11-12-27(23,24)4/h5-6,8,13,17,20,23,30H,7,9-12,14-15H2,1-4H3/t20-,23?,24-,25+,26-,27-/m0/s1. The Morgan fingerprint density at radius 2 is 1.87 bits per heavy atom. The molecule has 2 saturated carbocycles. The average molecular weight is 403 g/mol. The second-order valence-corrected chi connectivity index (χ2v) is 11.3. The lowest BCUT2D eigenvalue weighted by atomic mass is 9.36. The summed E-state index contributed by atoms with van der Waals surface area (Å²) in [6.45, 7) is 9.89. The summed E-state index contributed by atoms with van der Waals surface area (Å²) in [5.41, 5.74) is 5.36. The highest BCUT2D eigenvalue weighted by Crippen LogP contribution is 2.76. The molecular weight excluding hydrogens is 368 g/mol. The van der Waals surface area contributed by atoms with Gasteiger partial charge in [0.25, 0.3) is 0 Å². The van der Waals surface area contributed by atoms with Crippen molar-refractivity contribution in [1.29, 1.82) is 5.26 Å². The van der Waals surface area contributed by atoms with Crippen molar-refractivity contribution in [3.05, 3.63) is 47.3 Å². The van der Waals surface area contributed by atoms with Crippen LogP contribution in [0.15, 0.2) is 41.7 Å². The summed E-state index contributed by atoms with van der Waals surface area (Å²) in [6, 6.07) is 6.84. The maximum absolute atomic E-state index is 10.4. The van der Waals surface area contributed by atoms with Gasteiger partial charge >= 0.3 is 0 Å². The molecule has 1 aromatic heterocycles. The smallest absolute Gasteiger partial charge is 0.0946 e. The minimum Gasteiger partial charge on any atom is -0.393 e. The molecule has 0 amide bonds. The monoisotopic (exact) mass is 402 g/mol. The van der Waals surface area contributed by atoms with Crippen LogP contribution >= 0.6 is 0 Å². The molecule has 2 fully saturated rings. The van der Waals surface area contributed by atoms with Gasteiger partial charge in [-0.2, -0.15) is 5.26 Å². The largest absolute Gasteiger partial charge is 0.393 e. The number of aromatic nitrogens is 1. The van der Waals surface area contributed by atoms with E-state index in [-0.39, 0.29) is 27.8 Å². The van der Waals surface area contributed by atoms with E-state index >= 15 is 0 Å². The molecule has 6 atom stereocenters. The second kappa shape index (κ2) is 6.30. The molecular formula is C27H34N2O. The fraction of sp³-hybridized carbons (Fsp3) is 0.630. The highest BCUT2D eigenvalue weighted by atomic mass is 16.3. The fourth-order valence-corrected chi connectivity index (χ4v) is 8.17. The Bertz CT molecular complexity index is 988. The van der Waals surface area contributed by atoms with Crippen molar-refractivity contribution in [2.75, 3.05) is 0 Å². The van der Waals surface area contributed by atoms with Gasteiger partial charge in [0.05, 0.1) is 12.2 Å². The SMILES string of the molecule is C[C@]12CC[C@H](O)CC1=C(C#N)CC1[C@]2(C)CC[C@]2(C)C(c3cccnc3)=CC[C@@]12C. The van der Waals surface area contributed by atoms with Crippen LogP contribution in [0.4, 0.5) is 0 Å². The van der Waals surface area contributed by atoms with Crippen LogP contribution in [0, 0.1) is 38.9 Å². The molecule has 0 radical (unpaired) electrons. The van der Waals surface area contributed by atoms with Crippen LogP contribution < -0.4 is 0 Å². The third kappa shape index (κ3) is 2.27. The summed E-state index contributed by atoms with van der Waals surface area (Å²) in [6.07, 6.45) is 12.9. The van der Waals surface area contributed by atoms with E-state index in [9.17, 15) is 10.4 Å². The van der Waals surface area contributed by atoms with Crippen molar-refractivity contribution in [3.63, 3.8) is 0 Å². The second-order valence-electron chi connectivity index (χ2n) is 11.3. The Kier molecular flexibility index (Phi) is 4.20. The van der Waals surface area contributed by atoms with Crippen molar-refractivity contribution >= 4 is 5.57 Å². The highest BCUT2D eigenvalue weighted by molar-refractivity contribution is 5.73. The average Bonchev–Trinajstić information content (AvgIpc) is 3.01. The molecule has 5 rings (SSSR count). The van der Waals surface area contributed by atoms with Gasteiger partial charge in [0.2, 0.25) is 0 Å². The molecule has 0 saturated heterocycles. The summed E-state index contributed by atoms with van der Waals surface area (Å²) < 4.78 is 0. The van der Waals surface area contributed by atoms with E-state index in [0.717, 1.165) is 31.3 Å². The maximum atomic E-state index is 10.4. The topological polar surface area (TPSA) is 56.9 Å². The fourth-order valence-electron chi connectivity index (χ4n) is 8.17. The van der Waals surface area contributed by atoms with Gasteiger partial charge in [-0.05, 0) is 95.3 Å². The number of rotatable bonds is 1.